The van der Waals surface area contributed by atoms with Crippen LogP contribution in [0.4, 0.5) is 10.3 Å². The summed E-state index contributed by atoms with van der Waals surface area (Å²) in [6.45, 7) is 3.53. The molecule has 3 rings (SSSR count). The summed E-state index contributed by atoms with van der Waals surface area (Å²) >= 11 is 0. The Balaban J connectivity index is 2.02. The minimum atomic E-state index is -0.946. The van der Waals surface area contributed by atoms with Crippen LogP contribution in [-0.4, -0.2) is 38.9 Å². The Morgan fingerprint density at radius 1 is 1.30 bits per heavy atom. The molecule has 0 bridgehead atoms. The average Bonchev–Trinajstić information content (AvgIpc) is 2.62. The average molecular weight is 373 g/mol. The van der Waals surface area contributed by atoms with E-state index >= 15 is 0 Å². The lowest BCUT2D eigenvalue weighted by molar-refractivity contribution is 0.0943. The maximum atomic E-state index is 13.8. The summed E-state index contributed by atoms with van der Waals surface area (Å²) in [5, 5.41) is 13.2. The van der Waals surface area contributed by atoms with Gasteiger partial charge in [0, 0.05) is 25.2 Å². The van der Waals surface area contributed by atoms with Crippen molar-refractivity contribution in [1.29, 1.82) is 0 Å². The molecule has 0 saturated heterocycles. The monoisotopic (exact) mass is 373 g/mol. The van der Waals surface area contributed by atoms with Gasteiger partial charge in [0.05, 0.1) is 5.60 Å². The predicted octanol–water partition coefficient (Wildman–Crippen LogP) is 2.08. The number of aromatic nitrogens is 3. The number of nitrogens with one attached hydrogen (secondary N) is 2. The summed E-state index contributed by atoms with van der Waals surface area (Å²) in [5.74, 6) is -0.435. The van der Waals surface area contributed by atoms with E-state index in [-0.39, 0.29) is 24.0 Å². The molecule has 27 heavy (non-hydrogen) atoms. The first-order valence-electron chi connectivity index (χ1n) is 8.28. The lowest BCUT2D eigenvalue weighted by Gasteiger charge is -2.18. The lowest BCUT2D eigenvalue weighted by Crippen LogP contribution is -2.31. The summed E-state index contributed by atoms with van der Waals surface area (Å²) in [6.07, 6.45) is 1.51. The van der Waals surface area contributed by atoms with E-state index < -0.39 is 17.0 Å². The first-order chi connectivity index (χ1) is 12.8. The van der Waals surface area contributed by atoms with E-state index in [4.69, 9.17) is 4.74 Å². The molecule has 0 aliphatic rings. The number of aliphatic hydroxyl groups is 1. The lowest BCUT2D eigenvalue weighted by atomic mass is 10.1. The number of para-hydroxylation sites is 1. The van der Waals surface area contributed by atoms with Gasteiger partial charge in [-0.15, -0.1) is 0 Å². The number of hydrogen-bond acceptors (Lipinski definition) is 7. The number of rotatable bonds is 6. The minimum absolute atomic E-state index is 0.0546. The molecule has 3 aromatic rings. The molecule has 1 aromatic carbocycles. The largest absolute Gasteiger partial charge is 0.448 e. The van der Waals surface area contributed by atoms with Gasteiger partial charge in [-0.3, -0.25) is 4.79 Å². The van der Waals surface area contributed by atoms with Gasteiger partial charge in [-0.05, 0) is 32.0 Å². The van der Waals surface area contributed by atoms with E-state index in [9.17, 15) is 14.3 Å². The highest BCUT2D eigenvalue weighted by Crippen LogP contribution is 2.24. The molecule has 0 saturated carbocycles. The highest BCUT2D eigenvalue weighted by atomic mass is 19.1. The van der Waals surface area contributed by atoms with Crippen molar-refractivity contribution >= 4 is 17.0 Å². The molecule has 0 atom stereocenters. The summed E-state index contributed by atoms with van der Waals surface area (Å²) in [7, 11) is 1.56. The van der Waals surface area contributed by atoms with Crippen LogP contribution in [0.1, 0.15) is 13.8 Å². The number of ether oxygens (including phenoxy) is 1. The summed E-state index contributed by atoms with van der Waals surface area (Å²) in [4.78, 5) is 21.2. The third-order valence-electron chi connectivity index (χ3n) is 3.67. The molecule has 0 fully saturated rings. The van der Waals surface area contributed by atoms with Gasteiger partial charge in [0.25, 0.3) is 0 Å². The Morgan fingerprint density at radius 2 is 2.04 bits per heavy atom. The zero-order valence-electron chi connectivity index (χ0n) is 15.2. The second kappa shape index (κ2) is 7.20. The molecule has 0 aliphatic heterocycles. The fourth-order valence-corrected chi connectivity index (χ4v) is 2.38. The van der Waals surface area contributed by atoms with Crippen molar-refractivity contribution in [3.05, 3.63) is 52.7 Å². The third kappa shape index (κ3) is 4.14. The molecule has 0 aliphatic carbocycles. The van der Waals surface area contributed by atoms with Crippen molar-refractivity contribution in [1.82, 2.24) is 14.6 Å². The second-order valence-electron chi connectivity index (χ2n) is 6.54. The summed E-state index contributed by atoms with van der Waals surface area (Å²) < 4.78 is 20.5. The van der Waals surface area contributed by atoms with E-state index in [1.165, 1.54) is 35.1 Å². The standard InChI is InChI=1S/C18H20FN5O3/c1-18(2,26)10-22-17-21-9-11-8-14(16(25)24(20-3)15(11)23-17)27-13-7-5-4-6-12(13)19/h4-9,20,26H,10H2,1-3H3,(H,21,22,23). The van der Waals surface area contributed by atoms with Crippen molar-refractivity contribution in [2.24, 2.45) is 0 Å². The highest BCUT2D eigenvalue weighted by Gasteiger charge is 2.16. The number of halogens is 1. The normalized spacial score (nSPS) is 11.4. The number of benzene rings is 1. The van der Waals surface area contributed by atoms with Crippen LogP contribution in [0.25, 0.3) is 11.0 Å². The van der Waals surface area contributed by atoms with E-state index in [0.717, 1.165) is 0 Å². The van der Waals surface area contributed by atoms with E-state index in [1.807, 2.05) is 0 Å². The van der Waals surface area contributed by atoms with Crippen molar-refractivity contribution in [2.75, 3.05) is 24.3 Å². The Kier molecular flexibility index (Phi) is 4.95. The molecule has 0 amide bonds. The van der Waals surface area contributed by atoms with Crippen molar-refractivity contribution in [3.63, 3.8) is 0 Å². The topological polar surface area (TPSA) is 101 Å². The Labute approximate surface area is 154 Å². The van der Waals surface area contributed by atoms with Crippen LogP contribution in [0.5, 0.6) is 11.5 Å². The van der Waals surface area contributed by atoms with Crippen LogP contribution in [-0.2, 0) is 0 Å². The first-order valence-corrected chi connectivity index (χ1v) is 8.28. The van der Waals surface area contributed by atoms with Gasteiger partial charge < -0.3 is 20.6 Å². The molecule has 2 aromatic heterocycles. The van der Waals surface area contributed by atoms with Crippen LogP contribution in [0.3, 0.4) is 0 Å². The third-order valence-corrected chi connectivity index (χ3v) is 3.67. The van der Waals surface area contributed by atoms with E-state index in [2.05, 4.69) is 20.7 Å². The van der Waals surface area contributed by atoms with Crippen LogP contribution in [0.2, 0.25) is 0 Å². The number of fused-ring (bicyclic) bond motifs is 1. The minimum Gasteiger partial charge on any atom is -0.448 e. The van der Waals surface area contributed by atoms with Crippen LogP contribution < -0.4 is 21.0 Å². The van der Waals surface area contributed by atoms with Gasteiger partial charge in [0.15, 0.2) is 23.0 Å². The number of hydrogen-bond donors (Lipinski definition) is 3. The number of anilines is 1. The molecule has 8 nitrogen and oxygen atoms in total. The van der Waals surface area contributed by atoms with Gasteiger partial charge in [-0.1, -0.05) is 12.1 Å². The van der Waals surface area contributed by atoms with Gasteiger partial charge in [-0.25, -0.2) is 14.1 Å². The maximum Gasteiger partial charge on any atom is 0.313 e. The van der Waals surface area contributed by atoms with Crippen molar-refractivity contribution in [2.45, 2.75) is 19.4 Å². The quantitative estimate of drug-likeness (QED) is 0.608. The number of pyridine rings is 1. The zero-order valence-corrected chi connectivity index (χ0v) is 15.2. The van der Waals surface area contributed by atoms with Crippen LogP contribution in [0.15, 0.2) is 41.3 Å². The highest BCUT2D eigenvalue weighted by molar-refractivity contribution is 5.77. The van der Waals surface area contributed by atoms with Gasteiger partial charge in [0.2, 0.25) is 5.95 Å². The fraction of sp³-hybridized carbons (Fsp3) is 0.278. The molecule has 2 heterocycles. The Hall–Kier alpha value is -3.20. The molecule has 0 radical (unpaired) electrons. The summed E-state index contributed by atoms with van der Waals surface area (Å²) in [5.41, 5.74) is 1.58. The molecule has 9 heteroatoms. The van der Waals surface area contributed by atoms with Crippen molar-refractivity contribution < 1.29 is 14.2 Å². The van der Waals surface area contributed by atoms with Crippen LogP contribution >= 0.6 is 0 Å². The van der Waals surface area contributed by atoms with E-state index in [0.29, 0.717) is 11.0 Å². The molecular weight excluding hydrogens is 353 g/mol. The Bertz CT molecular complexity index is 1030. The summed E-state index contributed by atoms with van der Waals surface area (Å²) in [6, 6.07) is 7.28. The number of nitrogens with zero attached hydrogens (tertiary/aromatic N) is 3. The molecule has 0 unspecified atom stereocenters. The SMILES string of the molecule is CNn1c(=O)c(Oc2ccccc2F)cc2cnc(NCC(C)(C)O)nc21. The van der Waals surface area contributed by atoms with Gasteiger partial charge in [0.1, 0.15) is 0 Å². The van der Waals surface area contributed by atoms with Gasteiger partial charge >= 0.3 is 5.56 Å². The zero-order chi connectivity index (χ0) is 19.6. The smallest absolute Gasteiger partial charge is 0.313 e. The fourth-order valence-electron chi connectivity index (χ4n) is 2.38. The van der Waals surface area contributed by atoms with Gasteiger partial charge in [-0.2, -0.15) is 4.98 Å². The Morgan fingerprint density at radius 3 is 2.70 bits per heavy atom. The maximum absolute atomic E-state index is 13.8. The second-order valence-corrected chi connectivity index (χ2v) is 6.54. The first kappa shape index (κ1) is 18.6. The molecule has 142 valence electrons. The molecular formula is C18H20FN5O3. The molecule has 0 spiro atoms. The van der Waals surface area contributed by atoms with Crippen LogP contribution in [0, 0.1) is 5.82 Å². The predicted molar refractivity (Wildman–Crippen MR) is 100 cm³/mol. The molecule has 3 N–H and O–H groups in total. The van der Waals surface area contributed by atoms with E-state index in [1.54, 1.807) is 27.0 Å². The van der Waals surface area contributed by atoms with Crippen molar-refractivity contribution in [3.8, 4) is 11.5 Å².